The second-order valence-corrected chi connectivity index (χ2v) is 14.0. The van der Waals surface area contributed by atoms with E-state index in [4.69, 9.17) is 13.3 Å². The highest BCUT2D eigenvalue weighted by atomic mass is 35.5. The molecule has 3 N–H and O–H groups in total. The fourth-order valence-corrected chi connectivity index (χ4v) is 7.67. The Balaban J connectivity index is 0. The topological polar surface area (TPSA) is 55.3 Å². The van der Waals surface area contributed by atoms with Gasteiger partial charge >= 0.3 is 8.97 Å². The number of quaternary nitrogens is 1. The molecule has 0 heterocycles. The van der Waals surface area contributed by atoms with Gasteiger partial charge in [0.05, 0.1) is 5.60 Å². The van der Waals surface area contributed by atoms with Gasteiger partial charge in [0.2, 0.25) is 0 Å². The van der Waals surface area contributed by atoms with Crippen LogP contribution in [0.1, 0.15) is 183 Å². The highest BCUT2D eigenvalue weighted by Crippen LogP contribution is 2.33. The van der Waals surface area contributed by atoms with Gasteiger partial charge in [-0.1, -0.05) is 142 Å². The summed E-state index contributed by atoms with van der Waals surface area (Å²) in [6, 6.07) is 0. The zero-order valence-corrected chi connectivity index (χ0v) is 28.6. The van der Waals surface area contributed by atoms with Crippen molar-refractivity contribution in [3.63, 3.8) is 0 Å². The number of hydrogen-bond acceptors (Lipinski definition) is 3. The van der Waals surface area contributed by atoms with Crippen LogP contribution < -0.4 is 17.8 Å². The van der Waals surface area contributed by atoms with Gasteiger partial charge in [-0.2, -0.15) is 0 Å². The molecular formula is C32H70ClNO3Si. The average molecular weight is 580 g/mol. The van der Waals surface area contributed by atoms with Crippen molar-refractivity contribution in [1.82, 2.24) is 0 Å². The second-order valence-electron chi connectivity index (χ2n) is 11.9. The first-order valence-electron chi connectivity index (χ1n) is 16.7. The maximum absolute atomic E-state index is 6.64. The first-order chi connectivity index (χ1) is 17.8. The fraction of sp³-hybridized carbons (Fsp3) is 1.00. The lowest BCUT2D eigenvalue weighted by Gasteiger charge is -2.37. The minimum atomic E-state index is -2.86. The molecule has 0 radical (unpaired) electrons. The molecule has 0 atom stereocenters. The van der Waals surface area contributed by atoms with E-state index in [9.17, 15) is 0 Å². The van der Waals surface area contributed by atoms with Crippen LogP contribution in [-0.2, 0) is 13.3 Å². The molecule has 38 heavy (non-hydrogen) atoms. The van der Waals surface area contributed by atoms with Crippen LogP contribution in [0.15, 0.2) is 0 Å². The molecule has 0 spiro atoms. The van der Waals surface area contributed by atoms with Gasteiger partial charge in [0, 0.05) is 13.2 Å². The summed E-state index contributed by atoms with van der Waals surface area (Å²) < 4.78 is 18.5. The minimum Gasteiger partial charge on any atom is -1.00 e. The molecule has 0 saturated carbocycles. The summed E-state index contributed by atoms with van der Waals surface area (Å²) in [5.41, 5.74) is -0.267. The molecule has 4 nitrogen and oxygen atoms in total. The van der Waals surface area contributed by atoms with Crippen molar-refractivity contribution in [2.24, 2.45) is 5.92 Å². The summed E-state index contributed by atoms with van der Waals surface area (Å²) in [4.78, 5) is 0. The van der Waals surface area contributed by atoms with Crippen LogP contribution in [0, 0.1) is 5.92 Å². The molecule has 0 aromatic heterocycles. The highest BCUT2D eigenvalue weighted by molar-refractivity contribution is 6.50. The van der Waals surface area contributed by atoms with Crippen LogP contribution in [0.25, 0.3) is 0 Å². The Morgan fingerprint density at radius 3 is 1.11 bits per heavy atom. The van der Waals surface area contributed by atoms with E-state index >= 15 is 0 Å². The van der Waals surface area contributed by atoms with E-state index in [0.29, 0.717) is 19.1 Å². The molecule has 232 valence electrons. The maximum Gasteiger partial charge on any atom is 0.780 e. The monoisotopic (exact) mass is 579 g/mol. The molecule has 0 fully saturated rings. The van der Waals surface area contributed by atoms with Crippen molar-refractivity contribution in [2.75, 3.05) is 13.2 Å². The summed E-state index contributed by atoms with van der Waals surface area (Å²) in [7, 11) is -2.86. The van der Waals surface area contributed by atoms with Crippen molar-refractivity contribution >= 4 is 8.97 Å². The Bertz CT molecular complexity index is 452. The molecule has 0 bridgehead atoms. The normalized spacial score (nSPS) is 12.3. The molecule has 0 aromatic rings. The van der Waals surface area contributed by atoms with Gasteiger partial charge in [0.25, 0.3) is 0 Å². The number of hydrogen-bond donors (Lipinski definition) is 1. The van der Waals surface area contributed by atoms with Gasteiger partial charge in [-0.05, 0) is 46.5 Å². The van der Waals surface area contributed by atoms with Crippen LogP contribution in [0.4, 0.5) is 0 Å². The van der Waals surface area contributed by atoms with Gasteiger partial charge in [-0.15, -0.1) is 0 Å². The first kappa shape index (κ1) is 40.5. The lowest BCUT2D eigenvalue weighted by Crippen LogP contribution is -3.00. The predicted octanol–water partition coefficient (Wildman–Crippen LogP) is 6.77. The Hall–Kier alpha value is 0.347. The molecule has 6 heteroatoms. The van der Waals surface area contributed by atoms with Crippen LogP contribution in [0.3, 0.4) is 0 Å². The molecule has 0 aromatic carbocycles. The lowest BCUT2D eigenvalue weighted by molar-refractivity contribution is -0.328. The zero-order valence-electron chi connectivity index (χ0n) is 26.9. The standard InChI is InChI=1S/C32H70NO3Si.ClH/c1-7-11-13-15-17-19-21-23-25-27-29-31(30-28-26-24-22-20-18-16-14-12-8-2)32(5,6)36-37(33,34-9-3)35-10-4;/h31H,7-30H2,1-6,33H3;1H/q+1;/p-1. The van der Waals surface area contributed by atoms with Crippen molar-refractivity contribution in [1.29, 1.82) is 0 Å². The molecule has 0 rings (SSSR count). The first-order valence-corrected chi connectivity index (χ1v) is 18.6. The van der Waals surface area contributed by atoms with Crippen LogP contribution >= 0.6 is 0 Å². The third-order valence-corrected chi connectivity index (χ3v) is 10.2. The maximum atomic E-state index is 6.64. The molecule has 0 amide bonds. The fourth-order valence-electron chi connectivity index (χ4n) is 5.62. The largest absolute Gasteiger partial charge is 1.00 e. The molecule has 0 aliphatic heterocycles. The van der Waals surface area contributed by atoms with E-state index in [2.05, 4.69) is 33.1 Å². The molecular weight excluding hydrogens is 510 g/mol. The quantitative estimate of drug-likeness (QED) is 0.0785. The Labute approximate surface area is 247 Å². The van der Waals surface area contributed by atoms with Gasteiger partial charge in [0.15, 0.2) is 0 Å². The Morgan fingerprint density at radius 1 is 0.526 bits per heavy atom. The van der Waals surface area contributed by atoms with Crippen LogP contribution in [0.2, 0.25) is 0 Å². The van der Waals surface area contributed by atoms with E-state index in [1.165, 1.54) is 141 Å². The number of rotatable bonds is 29. The average Bonchev–Trinajstić information content (AvgIpc) is 2.84. The number of unbranched alkanes of at least 4 members (excludes halogenated alkanes) is 18. The van der Waals surface area contributed by atoms with E-state index in [-0.39, 0.29) is 18.0 Å². The third-order valence-electron chi connectivity index (χ3n) is 7.94. The van der Waals surface area contributed by atoms with Gasteiger partial charge in [0.1, 0.15) is 0 Å². The van der Waals surface area contributed by atoms with Crippen molar-refractivity contribution in [3.8, 4) is 0 Å². The summed E-state index contributed by atoms with van der Waals surface area (Å²) >= 11 is 0. The minimum absolute atomic E-state index is 0. The molecule has 0 aliphatic rings. The smallest absolute Gasteiger partial charge is 0.780 e. The summed E-state index contributed by atoms with van der Waals surface area (Å²) in [6.45, 7) is 14.3. The van der Waals surface area contributed by atoms with E-state index < -0.39 is 8.97 Å². The predicted molar refractivity (Wildman–Crippen MR) is 163 cm³/mol. The SMILES string of the molecule is CCCCCCCCCCCCC(CCCCCCCCCCCC)C(C)(C)O[Si]([NH3+])(OCC)OCC.[Cl-]. The summed E-state index contributed by atoms with van der Waals surface area (Å²) in [6.07, 6.45) is 30.2. The highest BCUT2D eigenvalue weighted by Gasteiger charge is 2.52. The van der Waals surface area contributed by atoms with Crippen molar-refractivity contribution in [3.05, 3.63) is 0 Å². The van der Waals surface area contributed by atoms with Crippen LogP contribution in [0.5, 0.6) is 0 Å². The Kier molecular flexibility index (Phi) is 29.3. The van der Waals surface area contributed by atoms with Gasteiger partial charge in [-0.25, -0.2) is 0 Å². The number of halogens is 1. The van der Waals surface area contributed by atoms with E-state index in [1.54, 1.807) is 0 Å². The molecule has 0 saturated heterocycles. The third kappa shape index (κ3) is 23.1. The summed E-state index contributed by atoms with van der Waals surface area (Å²) in [5, 5.41) is 4.30. The second kappa shape index (κ2) is 27.5. The van der Waals surface area contributed by atoms with Gasteiger partial charge < -0.3 is 31.1 Å². The lowest BCUT2D eigenvalue weighted by atomic mass is 9.82. The zero-order chi connectivity index (χ0) is 27.7. The van der Waals surface area contributed by atoms with Crippen LogP contribution in [-0.4, -0.2) is 27.8 Å². The Morgan fingerprint density at radius 2 is 0.816 bits per heavy atom. The van der Waals surface area contributed by atoms with Crippen molar-refractivity contribution in [2.45, 2.75) is 188 Å². The van der Waals surface area contributed by atoms with Gasteiger partial charge in [-0.3, -0.25) is 0 Å². The molecule has 0 aliphatic carbocycles. The van der Waals surface area contributed by atoms with E-state index in [0.717, 1.165) is 0 Å². The van der Waals surface area contributed by atoms with Crippen molar-refractivity contribution < 1.29 is 31.1 Å². The van der Waals surface area contributed by atoms with E-state index in [1.807, 2.05) is 13.8 Å². The molecule has 0 unspecified atom stereocenters. The summed E-state index contributed by atoms with van der Waals surface area (Å²) in [5.74, 6) is 0.533.